The first kappa shape index (κ1) is 14.6. The number of aliphatic carboxylic acids is 1. The summed E-state index contributed by atoms with van der Waals surface area (Å²) in [5, 5.41) is 28.5. The number of nitrogens with zero attached hydrogens (tertiary/aromatic N) is 3. The third kappa shape index (κ3) is 4.42. The molecule has 102 valence electrons. The van der Waals surface area contributed by atoms with E-state index in [0.717, 1.165) is 0 Å². The Bertz CT molecular complexity index is 378. The van der Waals surface area contributed by atoms with Crippen molar-refractivity contribution in [3.8, 4) is 0 Å². The maximum Gasteiger partial charge on any atom is 0.320 e. The molecule has 0 radical (unpaired) electrons. The highest BCUT2D eigenvalue weighted by molar-refractivity contribution is 5.73. The molecule has 18 heavy (non-hydrogen) atoms. The standard InChI is InChI=1S/C11H20N4O3/c1-8(2)10(11(17)18)12-6-9-7-15(14-13-9)4-3-5-16/h7-8,10,12,16H,3-6H2,1-2H3,(H,17,18). The lowest BCUT2D eigenvalue weighted by molar-refractivity contribution is -0.140. The first-order chi connectivity index (χ1) is 8.54. The van der Waals surface area contributed by atoms with E-state index < -0.39 is 12.0 Å². The first-order valence-corrected chi connectivity index (χ1v) is 6.00. The average Bonchev–Trinajstić information content (AvgIpc) is 2.73. The number of aromatic nitrogens is 3. The summed E-state index contributed by atoms with van der Waals surface area (Å²) in [6.07, 6.45) is 2.38. The Hall–Kier alpha value is -1.47. The topological polar surface area (TPSA) is 100 Å². The fraction of sp³-hybridized carbons (Fsp3) is 0.727. The van der Waals surface area contributed by atoms with Gasteiger partial charge in [-0.15, -0.1) is 5.10 Å². The SMILES string of the molecule is CC(C)C(NCc1cn(CCCO)nn1)C(=O)O. The summed E-state index contributed by atoms with van der Waals surface area (Å²) >= 11 is 0. The quantitative estimate of drug-likeness (QED) is 0.598. The van der Waals surface area contributed by atoms with Gasteiger partial charge in [-0.3, -0.25) is 14.8 Å². The Morgan fingerprint density at radius 1 is 1.56 bits per heavy atom. The van der Waals surface area contributed by atoms with E-state index in [1.165, 1.54) is 0 Å². The van der Waals surface area contributed by atoms with Crippen LogP contribution in [-0.4, -0.2) is 43.8 Å². The van der Waals surface area contributed by atoms with Gasteiger partial charge in [0.1, 0.15) is 6.04 Å². The number of aliphatic hydroxyl groups is 1. The van der Waals surface area contributed by atoms with E-state index in [9.17, 15) is 4.79 Å². The number of aliphatic hydroxyl groups excluding tert-OH is 1. The van der Waals surface area contributed by atoms with E-state index in [-0.39, 0.29) is 12.5 Å². The van der Waals surface area contributed by atoms with E-state index in [1.807, 2.05) is 13.8 Å². The lowest BCUT2D eigenvalue weighted by Gasteiger charge is -2.16. The molecule has 0 spiro atoms. The molecule has 1 atom stereocenters. The zero-order valence-corrected chi connectivity index (χ0v) is 10.7. The van der Waals surface area contributed by atoms with E-state index in [1.54, 1.807) is 10.9 Å². The van der Waals surface area contributed by atoms with Crippen molar-refractivity contribution in [2.24, 2.45) is 5.92 Å². The van der Waals surface area contributed by atoms with Gasteiger partial charge in [-0.2, -0.15) is 0 Å². The number of hydrogen-bond acceptors (Lipinski definition) is 5. The van der Waals surface area contributed by atoms with Crippen LogP contribution in [-0.2, 0) is 17.9 Å². The van der Waals surface area contributed by atoms with Gasteiger partial charge < -0.3 is 10.2 Å². The van der Waals surface area contributed by atoms with Crippen LogP contribution < -0.4 is 5.32 Å². The molecule has 0 fully saturated rings. The minimum absolute atomic E-state index is 0.00642. The number of hydrogen-bond donors (Lipinski definition) is 3. The molecule has 1 aromatic rings. The van der Waals surface area contributed by atoms with Crippen LogP contribution in [0.1, 0.15) is 26.0 Å². The maximum atomic E-state index is 11.0. The fourth-order valence-electron chi connectivity index (χ4n) is 1.58. The van der Waals surface area contributed by atoms with E-state index in [2.05, 4.69) is 15.6 Å². The molecule has 0 aromatic carbocycles. The molecule has 0 amide bonds. The van der Waals surface area contributed by atoms with Crippen molar-refractivity contribution < 1.29 is 15.0 Å². The van der Waals surface area contributed by atoms with Crippen molar-refractivity contribution in [2.45, 2.75) is 39.4 Å². The Kier molecular flexibility index (Phi) is 5.73. The molecule has 3 N–H and O–H groups in total. The Morgan fingerprint density at radius 2 is 2.28 bits per heavy atom. The molecule has 1 aromatic heterocycles. The van der Waals surface area contributed by atoms with Crippen molar-refractivity contribution in [2.75, 3.05) is 6.61 Å². The number of aryl methyl sites for hydroxylation is 1. The summed E-state index contributed by atoms with van der Waals surface area (Å²) in [4.78, 5) is 11.0. The minimum atomic E-state index is -0.863. The Labute approximate surface area is 106 Å². The third-order valence-corrected chi connectivity index (χ3v) is 2.57. The van der Waals surface area contributed by atoms with Crippen molar-refractivity contribution in [1.82, 2.24) is 20.3 Å². The highest BCUT2D eigenvalue weighted by Gasteiger charge is 2.20. The molecule has 1 heterocycles. The smallest absolute Gasteiger partial charge is 0.320 e. The van der Waals surface area contributed by atoms with Gasteiger partial charge in [-0.1, -0.05) is 19.1 Å². The van der Waals surface area contributed by atoms with Gasteiger partial charge in [0.2, 0.25) is 0 Å². The lowest BCUT2D eigenvalue weighted by atomic mass is 10.1. The molecular weight excluding hydrogens is 236 g/mol. The van der Waals surface area contributed by atoms with Crippen molar-refractivity contribution in [3.63, 3.8) is 0 Å². The number of carbonyl (C=O) groups is 1. The predicted octanol–water partition coefficient (Wildman–Crippen LogP) is -0.141. The number of nitrogens with one attached hydrogen (secondary N) is 1. The van der Waals surface area contributed by atoms with Gasteiger partial charge in [0, 0.05) is 25.9 Å². The second-order valence-corrected chi connectivity index (χ2v) is 4.49. The molecule has 0 bridgehead atoms. The number of carboxylic acids is 1. The summed E-state index contributed by atoms with van der Waals surface area (Å²) in [5.41, 5.74) is 0.694. The summed E-state index contributed by atoms with van der Waals surface area (Å²) in [5.74, 6) is -0.857. The van der Waals surface area contributed by atoms with Gasteiger partial charge in [0.15, 0.2) is 0 Å². The van der Waals surface area contributed by atoms with Gasteiger partial charge in [0.05, 0.1) is 5.69 Å². The zero-order chi connectivity index (χ0) is 13.5. The summed E-state index contributed by atoms with van der Waals surface area (Å²) in [7, 11) is 0. The Balaban J connectivity index is 2.47. The van der Waals surface area contributed by atoms with Crippen molar-refractivity contribution >= 4 is 5.97 Å². The zero-order valence-electron chi connectivity index (χ0n) is 10.7. The highest BCUT2D eigenvalue weighted by Crippen LogP contribution is 2.03. The summed E-state index contributed by atoms with van der Waals surface area (Å²) in [6.45, 7) is 4.79. The van der Waals surface area contributed by atoms with Crippen molar-refractivity contribution in [3.05, 3.63) is 11.9 Å². The second-order valence-electron chi connectivity index (χ2n) is 4.49. The molecule has 0 aliphatic carbocycles. The third-order valence-electron chi connectivity index (χ3n) is 2.57. The van der Waals surface area contributed by atoms with Crippen LogP contribution in [0.25, 0.3) is 0 Å². The molecule has 0 saturated heterocycles. The second kappa shape index (κ2) is 7.07. The van der Waals surface area contributed by atoms with Crippen LogP contribution in [0.5, 0.6) is 0 Å². The minimum Gasteiger partial charge on any atom is -0.480 e. The average molecular weight is 256 g/mol. The van der Waals surface area contributed by atoms with Gasteiger partial charge >= 0.3 is 5.97 Å². The molecule has 0 aliphatic rings. The predicted molar refractivity (Wildman–Crippen MR) is 64.8 cm³/mol. The van der Waals surface area contributed by atoms with Crippen LogP contribution in [0, 0.1) is 5.92 Å². The first-order valence-electron chi connectivity index (χ1n) is 6.00. The van der Waals surface area contributed by atoms with E-state index in [4.69, 9.17) is 10.2 Å². The summed E-state index contributed by atoms with van der Waals surface area (Å²) < 4.78 is 1.64. The van der Waals surface area contributed by atoms with Crippen LogP contribution >= 0.6 is 0 Å². The van der Waals surface area contributed by atoms with Gasteiger partial charge in [-0.05, 0) is 12.3 Å². The molecule has 7 heteroatoms. The van der Waals surface area contributed by atoms with Crippen molar-refractivity contribution in [1.29, 1.82) is 0 Å². The van der Waals surface area contributed by atoms with Gasteiger partial charge in [0.25, 0.3) is 0 Å². The molecule has 7 nitrogen and oxygen atoms in total. The normalized spacial score (nSPS) is 12.9. The fourth-order valence-corrected chi connectivity index (χ4v) is 1.58. The van der Waals surface area contributed by atoms with Gasteiger partial charge in [-0.25, -0.2) is 0 Å². The van der Waals surface area contributed by atoms with Crippen LogP contribution in [0.15, 0.2) is 6.20 Å². The number of rotatable bonds is 8. The monoisotopic (exact) mass is 256 g/mol. The molecule has 1 unspecified atom stereocenters. The van der Waals surface area contributed by atoms with Crippen LogP contribution in [0.3, 0.4) is 0 Å². The van der Waals surface area contributed by atoms with E-state index in [0.29, 0.717) is 25.2 Å². The number of carboxylic acid groups (broad SMARTS) is 1. The Morgan fingerprint density at radius 3 is 2.83 bits per heavy atom. The molecule has 1 rings (SSSR count). The van der Waals surface area contributed by atoms with E-state index >= 15 is 0 Å². The molecular formula is C11H20N4O3. The maximum absolute atomic E-state index is 11.0. The highest BCUT2D eigenvalue weighted by atomic mass is 16.4. The largest absolute Gasteiger partial charge is 0.480 e. The van der Waals surface area contributed by atoms with Crippen LogP contribution in [0.2, 0.25) is 0 Å². The van der Waals surface area contributed by atoms with Crippen LogP contribution in [0.4, 0.5) is 0 Å². The molecule has 0 saturated carbocycles. The molecule has 0 aliphatic heterocycles. The lowest BCUT2D eigenvalue weighted by Crippen LogP contribution is -2.40. The summed E-state index contributed by atoms with van der Waals surface area (Å²) in [6, 6.07) is -0.590.